The number of hydrazine groups is 1. The van der Waals surface area contributed by atoms with E-state index < -0.39 is 0 Å². The molecule has 0 spiro atoms. The Hall–Kier alpha value is -1.35. The first-order chi connectivity index (χ1) is 8.70. The van der Waals surface area contributed by atoms with E-state index in [2.05, 4.69) is 36.6 Å². The standard InChI is InChI=1S/C15H17ClN2/c1-11-6-8-12(9-7-11)10-15(18-17)13-4-2-3-5-14(13)16/h2-9,15,18H,10,17H2,1H3. The van der Waals surface area contributed by atoms with Gasteiger partial charge in [-0.3, -0.25) is 11.3 Å². The van der Waals surface area contributed by atoms with Crippen LogP contribution >= 0.6 is 11.6 Å². The first kappa shape index (κ1) is 13.1. The van der Waals surface area contributed by atoms with Gasteiger partial charge >= 0.3 is 0 Å². The van der Waals surface area contributed by atoms with Crippen molar-refractivity contribution in [2.45, 2.75) is 19.4 Å². The smallest absolute Gasteiger partial charge is 0.0515 e. The van der Waals surface area contributed by atoms with Crippen molar-refractivity contribution in [3.8, 4) is 0 Å². The molecule has 18 heavy (non-hydrogen) atoms. The van der Waals surface area contributed by atoms with Gasteiger partial charge in [0, 0.05) is 5.02 Å². The third-order valence-electron chi connectivity index (χ3n) is 3.04. The summed E-state index contributed by atoms with van der Waals surface area (Å²) in [6.45, 7) is 2.08. The highest BCUT2D eigenvalue weighted by Gasteiger charge is 2.13. The lowest BCUT2D eigenvalue weighted by molar-refractivity contribution is 0.552. The van der Waals surface area contributed by atoms with Gasteiger partial charge in [-0.15, -0.1) is 0 Å². The summed E-state index contributed by atoms with van der Waals surface area (Å²) >= 11 is 6.19. The molecule has 0 fully saturated rings. The summed E-state index contributed by atoms with van der Waals surface area (Å²) in [4.78, 5) is 0. The summed E-state index contributed by atoms with van der Waals surface area (Å²) in [5.74, 6) is 5.64. The van der Waals surface area contributed by atoms with E-state index in [1.807, 2.05) is 24.3 Å². The van der Waals surface area contributed by atoms with Crippen molar-refractivity contribution >= 4 is 11.6 Å². The van der Waals surface area contributed by atoms with E-state index >= 15 is 0 Å². The van der Waals surface area contributed by atoms with Gasteiger partial charge < -0.3 is 0 Å². The van der Waals surface area contributed by atoms with E-state index in [1.54, 1.807) is 0 Å². The molecule has 0 aliphatic heterocycles. The lowest BCUT2D eigenvalue weighted by atomic mass is 9.99. The Balaban J connectivity index is 2.20. The Kier molecular flexibility index (Phi) is 4.37. The Morgan fingerprint density at radius 1 is 1.11 bits per heavy atom. The van der Waals surface area contributed by atoms with Crippen LogP contribution in [0, 0.1) is 6.92 Å². The quantitative estimate of drug-likeness (QED) is 0.653. The number of nitrogens with two attached hydrogens (primary N) is 1. The lowest BCUT2D eigenvalue weighted by Crippen LogP contribution is -2.29. The number of hydrogen-bond donors (Lipinski definition) is 2. The largest absolute Gasteiger partial charge is 0.271 e. The molecule has 0 bridgehead atoms. The normalized spacial score (nSPS) is 12.4. The molecule has 2 aromatic carbocycles. The molecule has 1 unspecified atom stereocenters. The zero-order valence-corrected chi connectivity index (χ0v) is 11.1. The van der Waals surface area contributed by atoms with Gasteiger partial charge in [-0.25, -0.2) is 0 Å². The molecule has 0 amide bonds. The predicted octanol–water partition coefficient (Wildman–Crippen LogP) is 3.40. The maximum Gasteiger partial charge on any atom is 0.0515 e. The molecule has 0 radical (unpaired) electrons. The summed E-state index contributed by atoms with van der Waals surface area (Å²) in [7, 11) is 0. The van der Waals surface area contributed by atoms with E-state index in [4.69, 9.17) is 17.4 Å². The molecule has 3 N–H and O–H groups in total. The fourth-order valence-electron chi connectivity index (χ4n) is 1.98. The van der Waals surface area contributed by atoms with E-state index in [0.29, 0.717) is 0 Å². The molecule has 2 nitrogen and oxygen atoms in total. The molecule has 0 aromatic heterocycles. The summed E-state index contributed by atoms with van der Waals surface area (Å²) in [6, 6.07) is 16.3. The molecule has 0 aliphatic carbocycles. The van der Waals surface area contributed by atoms with Crippen molar-refractivity contribution in [3.05, 3.63) is 70.2 Å². The summed E-state index contributed by atoms with van der Waals surface area (Å²) in [6.07, 6.45) is 0.820. The predicted molar refractivity (Wildman–Crippen MR) is 76.4 cm³/mol. The summed E-state index contributed by atoms with van der Waals surface area (Å²) < 4.78 is 0. The maximum absolute atomic E-state index is 6.19. The second kappa shape index (κ2) is 6.01. The summed E-state index contributed by atoms with van der Waals surface area (Å²) in [5, 5.41) is 0.743. The minimum absolute atomic E-state index is 0.0291. The van der Waals surface area contributed by atoms with Crippen LogP contribution in [0.5, 0.6) is 0 Å². The maximum atomic E-state index is 6.19. The van der Waals surface area contributed by atoms with E-state index in [-0.39, 0.29) is 6.04 Å². The van der Waals surface area contributed by atoms with Crippen molar-refractivity contribution < 1.29 is 0 Å². The molecule has 0 saturated carbocycles. The van der Waals surface area contributed by atoms with Crippen molar-refractivity contribution in [1.29, 1.82) is 0 Å². The van der Waals surface area contributed by atoms with Gasteiger partial charge in [0.25, 0.3) is 0 Å². The van der Waals surface area contributed by atoms with Crippen molar-refractivity contribution in [3.63, 3.8) is 0 Å². The van der Waals surface area contributed by atoms with Gasteiger partial charge in [-0.2, -0.15) is 0 Å². The number of halogens is 1. The first-order valence-corrected chi connectivity index (χ1v) is 6.34. The van der Waals surface area contributed by atoms with Gasteiger partial charge in [0.05, 0.1) is 6.04 Å². The molecular weight excluding hydrogens is 244 g/mol. The van der Waals surface area contributed by atoms with Crippen molar-refractivity contribution in [2.75, 3.05) is 0 Å². The first-order valence-electron chi connectivity index (χ1n) is 5.97. The number of benzene rings is 2. The zero-order valence-electron chi connectivity index (χ0n) is 10.4. The third-order valence-corrected chi connectivity index (χ3v) is 3.39. The van der Waals surface area contributed by atoms with Gasteiger partial charge in [0.15, 0.2) is 0 Å². The van der Waals surface area contributed by atoms with Crippen LogP contribution in [0.3, 0.4) is 0 Å². The minimum atomic E-state index is 0.0291. The van der Waals surface area contributed by atoms with Crippen LogP contribution < -0.4 is 11.3 Å². The number of hydrogen-bond acceptors (Lipinski definition) is 2. The van der Waals surface area contributed by atoms with Gasteiger partial charge in [-0.1, -0.05) is 59.6 Å². The van der Waals surface area contributed by atoms with E-state index in [1.165, 1.54) is 11.1 Å². The van der Waals surface area contributed by atoms with Gasteiger partial charge in [0.1, 0.15) is 0 Å². The van der Waals surface area contributed by atoms with Crippen molar-refractivity contribution in [2.24, 2.45) is 5.84 Å². The van der Waals surface area contributed by atoms with Crippen LogP contribution in [0.25, 0.3) is 0 Å². The molecule has 3 heteroatoms. The monoisotopic (exact) mass is 260 g/mol. The second-order valence-corrected chi connectivity index (χ2v) is 4.84. The molecule has 0 saturated heterocycles. The fourth-order valence-corrected chi connectivity index (χ4v) is 2.24. The number of aryl methyl sites for hydroxylation is 1. The Bertz CT molecular complexity index is 508. The highest BCUT2D eigenvalue weighted by atomic mass is 35.5. The average Bonchev–Trinajstić information content (AvgIpc) is 2.39. The molecule has 0 heterocycles. The SMILES string of the molecule is Cc1ccc(CC(NN)c2ccccc2Cl)cc1. The zero-order chi connectivity index (χ0) is 13.0. The van der Waals surface area contributed by atoms with Crippen molar-refractivity contribution in [1.82, 2.24) is 5.43 Å². The molecule has 1 atom stereocenters. The van der Waals surface area contributed by atoms with Crippen LogP contribution in [-0.2, 0) is 6.42 Å². The van der Waals surface area contributed by atoms with Crippen LogP contribution in [0.4, 0.5) is 0 Å². The summed E-state index contributed by atoms with van der Waals surface area (Å²) in [5.41, 5.74) is 6.37. The Morgan fingerprint density at radius 2 is 1.78 bits per heavy atom. The average molecular weight is 261 g/mol. The highest BCUT2D eigenvalue weighted by molar-refractivity contribution is 6.31. The fraction of sp³-hybridized carbons (Fsp3) is 0.200. The number of nitrogens with one attached hydrogen (secondary N) is 1. The van der Waals surface area contributed by atoms with Gasteiger partial charge in [0.2, 0.25) is 0 Å². The van der Waals surface area contributed by atoms with E-state index in [0.717, 1.165) is 17.0 Å². The van der Waals surface area contributed by atoms with Gasteiger partial charge in [-0.05, 0) is 30.5 Å². The molecule has 94 valence electrons. The number of rotatable bonds is 4. The van der Waals surface area contributed by atoms with Crippen LogP contribution in [0.1, 0.15) is 22.7 Å². The topological polar surface area (TPSA) is 38.0 Å². The van der Waals surface area contributed by atoms with Crippen LogP contribution in [0.15, 0.2) is 48.5 Å². The second-order valence-electron chi connectivity index (χ2n) is 4.43. The molecule has 2 rings (SSSR count). The Morgan fingerprint density at radius 3 is 2.39 bits per heavy atom. The Labute approximate surface area is 113 Å². The molecular formula is C15H17ClN2. The molecule has 0 aliphatic rings. The molecule has 2 aromatic rings. The van der Waals surface area contributed by atoms with E-state index in [9.17, 15) is 0 Å². The van der Waals surface area contributed by atoms with Crippen LogP contribution in [-0.4, -0.2) is 0 Å². The lowest BCUT2D eigenvalue weighted by Gasteiger charge is -2.17. The highest BCUT2D eigenvalue weighted by Crippen LogP contribution is 2.25. The minimum Gasteiger partial charge on any atom is -0.271 e. The van der Waals surface area contributed by atoms with Crippen LogP contribution in [0.2, 0.25) is 5.02 Å². The third kappa shape index (κ3) is 3.10.